The molecule has 0 aliphatic carbocycles. The third-order valence-corrected chi connectivity index (χ3v) is 6.55. The minimum atomic E-state index is -3.12. The van der Waals surface area contributed by atoms with E-state index in [2.05, 4.69) is 15.6 Å². The molecule has 0 bridgehead atoms. The lowest BCUT2D eigenvalue weighted by molar-refractivity contribution is -0.124. The number of aryl methyl sites for hydroxylation is 1. The number of aromatic nitrogens is 2. The summed E-state index contributed by atoms with van der Waals surface area (Å²) in [6, 6.07) is 7.13. The second kappa shape index (κ2) is 7.38. The SMILES string of the molecule is Cc1nn(-c2ccccc2Cl)c(Cl)c1/C=N\NC(=O)[C@H]1CCS(=O)(=O)C1. The van der Waals surface area contributed by atoms with Crippen molar-refractivity contribution in [1.29, 1.82) is 0 Å². The monoisotopic (exact) mass is 414 g/mol. The average molecular weight is 415 g/mol. The van der Waals surface area contributed by atoms with Gasteiger partial charge in [-0.25, -0.2) is 18.5 Å². The van der Waals surface area contributed by atoms with Crippen LogP contribution in [0.4, 0.5) is 0 Å². The first-order valence-corrected chi connectivity index (χ1v) is 10.4. The van der Waals surface area contributed by atoms with E-state index in [1.54, 1.807) is 25.1 Å². The minimum Gasteiger partial charge on any atom is -0.273 e. The number of hydrogen-bond donors (Lipinski definition) is 1. The van der Waals surface area contributed by atoms with E-state index in [1.807, 2.05) is 6.07 Å². The highest BCUT2D eigenvalue weighted by atomic mass is 35.5. The first-order valence-electron chi connectivity index (χ1n) is 7.82. The molecule has 1 aromatic carbocycles. The van der Waals surface area contributed by atoms with Crippen molar-refractivity contribution >= 4 is 45.2 Å². The fraction of sp³-hybridized carbons (Fsp3) is 0.312. The van der Waals surface area contributed by atoms with Crippen molar-refractivity contribution in [1.82, 2.24) is 15.2 Å². The molecule has 1 aliphatic rings. The van der Waals surface area contributed by atoms with Gasteiger partial charge in [-0.2, -0.15) is 10.2 Å². The fourth-order valence-electron chi connectivity index (χ4n) is 2.69. The van der Waals surface area contributed by atoms with Crippen molar-refractivity contribution < 1.29 is 13.2 Å². The summed E-state index contributed by atoms with van der Waals surface area (Å²) in [4.78, 5) is 12.0. The number of carbonyl (C=O) groups is 1. The van der Waals surface area contributed by atoms with Crippen LogP contribution in [0, 0.1) is 12.8 Å². The maximum Gasteiger partial charge on any atom is 0.244 e. The molecule has 1 aromatic heterocycles. The van der Waals surface area contributed by atoms with Gasteiger partial charge < -0.3 is 0 Å². The third kappa shape index (κ3) is 3.92. The van der Waals surface area contributed by atoms with Gasteiger partial charge in [0.1, 0.15) is 5.15 Å². The maximum absolute atomic E-state index is 12.0. The highest BCUT2D eigenvalue weighted by Crippen LogP contribution is 2.26. The molecular weight excluding hydrogens is 399 g/mol. The number of para-hydroxylation sites is 1. The number of hydrazone groups is 1. The van der Waals surface area contributed by atoms with Gasteiger partial charge in [0, 0.05) is 0 Å². The smallest absolute Gasteiger partial charge is 0.244 e. The standard InChI is InChI=1S/C16H16Cl2N4O3S/c1-10-12(8-19-20-16(23)11-6-7-26(24,25)9-11)15(18)22(21-10)14-5-3-2-4-13(14)17/h2-5,8,11H,6-7,9H2,1H3,(H,20,23)/b19-8-/t11-/m0/s1. The van der Waals surface area contributed by atoms with Crippen LogP contribution in [0.15, 0.2) is 29.4 Å². The van der Waals surface area contributed by atoms with E-state index < -0.39 is 21.7 Å². The van der Waals surface area contributed by atoms with Crippen molar-refractivity contribution in [3.8, 4) is 5.69 Å². The molecule has 0 saturated carbocycles. The molecular formula is C16H16Cl2N4O3S. The predicted molar refractivity (Wildman–Crippen MR) is 101 cm³/mol. The Kier molecular flexibility index (Phi) is 5.36. The van der Waals surface area contributed by atoms with Gasteiger partial charge in [0.25, 0.3) is 0 Å². The zero-order chi connectivity index (χ0) is 18.9. The van der Waals surface area contributed by atoms with Crippen LogP contribution in [0.2, 0.25) is 10.2 Å². The van der Waals surface area contributed by atoms with Crippen molar-refractivity contribution in [2.45, 2.75) is 13.3 Å². The summed E-state index contributed by atoms with van der Waals surface area (Å²) < 4.78 is 24.4. The average Bonchev–Trinajstić information content (AvgIpc) is 3.09. The van der Waals surface area contributed by atoms with Crippen LogP contribution in [-0.4, -0.2) is 41.8 Å². The lowest BCUT2D eigenvalue weighted by atomic mass is 10.1. The Morgan fingerprint density at radius 3 is 2.77 bits per heavy atom. The van der Waals surface area contributed by atoms with Crippen LogP contribution in [0.1, 0.15) is 17.7 Å². The Bertz CT molecular complexity index is 985. The second-order valence-corrected chi connectivity index (χ2v) is 8.98. The molecule has 138 valence electrons. The highest BCUT2D eigenvalue weighted by molar-refractivity contribution is 7.91. The molecule has 1 atom stereocenters. The zero-order valence-electron chi connectivity index (χ0n) is 13.8. The Balaban J connectivity index is 1.75. The van der Waals surface area contributed by atoms with Gasteiger partial charge in [-0.05, 0) is 25.5 Å². The third-order valence-electron chi connectivity index (χ3n) is 4.10. The summed E-state index contributed by atoms with van der Waals surface area (Å²) in [5.41, 5.74) is 4.14. The number of carbonyl (C=O) groups excluding carboxylic acids is 1. The van der Waals surface area contributed by atoms with Gasteiger partial charge in [-0.1, -0.05) is 35.3 Å². The molecule has 10 heteroatoms. The second-order valence-electron chi connectivity index (χ2n) is 5.99. The summed E-state index contributed by atoms with van der Waals surface area (Å²) in [5, 5.41) is 9.05. The van der Waals surface area contributed by atoms with Gasteiger partial charge in [-0.3, -0.25) is 4.79 Å². The van der Waals surface area contributed by atoms with Gasteiger partial charge in [0.2, 0.25) is 5.91 Å². The summed E-state index contributed by atoms with van der Waals surface area (Å²) in [6.07, 6.45) is 1.70. The Labute approximate surface area is 160 Å². The number of sulfone groups is 1. The van der Waals surface area contributed by atoms with Crippen molar-refractivity contribution in [3.63, 3.8) is 0 Å². The lowest BCUT2D eigenvalue weighted by Gasteiger charge is -2.05. The van der Waals surface area contributed by atoms with Crippen LogP contribution < -0.4 is 5.43 Å². The molecule has 1 saturated heterocycles. The summed E-state index contributed by atoms with van der Waals surface area (Å²) in [6.45, 7) is 1.76. The Morgan fingerprint density at radius 2 is 2.12 bits per heavy atom. The zero-order valence-corrected chi connectivity index (χ0v) is 16.1. The molecule has 0 radical (unpaired) electrons. The first kappa shape index (κ1) is 18.9. The minimum absolute atomic E-state index is 0.0321. The Morgan fingerprint density at radius 1 is 1.38 bits per heavy atom. The molecule has 7 nitrogen and oxygen atoms in total. The van der Waals surface area contributed by atoms with Gasteiger partial charge in [-0.15, -0.1) is 0 Å². The number of nitrogens with one attached hydrogen (secondary N) is 1. The lowest BCUT2D eigenvalue weighted by Crippen LogP contribution is -2.27. The molecule has 0 unspecified atom stereocenters. The van der Waals surface area contributed by atoms with Crippen LogP contribution in [0.3, 0.4) is 0 Å². The van der Waals surface area contributed by atoms with E-state index in [9.17, 15) is 13.2 Å². The summed E-state index contributed by atoms with van der Waals surface area (Å²) >= 11 is 12.5. The van der Waals surface area contributed by atoms with E-state index in [0.29, 0.717) is 33.5 Å². The van der Waals surface area contributed by atoms with E-state index >= 15 is 0 Å². The fourth-order valence-corrected chi connectivity index (χ4v) is 4.97. The van der Waals surface area contributed by atoms with Crippen molar-refractivity contribution in [3.05, 3.63) is 45.7 Å². The van der Waals surface area contributed by atoms with Gasteiger partial charge in [0.15, 0.2) is 9.84 Å². The van der Waals surface area contributed by atoms with Crippen molar-refractivity contribution in [2.24, 2.45) is 11.0 Å². The maximum atomic E-state index is 12.0. The van der Waals surface area contributed by atoms with Crippen LogP contribution >= 0.6 is 23.2 Å². The molecule has 1 amide bonds. The first-order chi connectivity index (χ1) is 12.3. The van der Waals surface area contributed by atoms with E-state index in [-0.39, 0.29) is 11.5 Å². The topological polar surface area (TPSA) is 93.4 Å². The number of amides is 1. The van der Waals surface area contributed by atoms with Crippen molar-refractivity contribution in [2.75, 3.05) is 11.5 Å². The number of nitrogens with zero attached hydrogens (tertiary/aromatic N) is 3. The van der Waals surface area contributed by atoms with Crippen LogP contribution in [0.5, 0.6) is 0 Å². The molecule has 0 spiro atoms. The molecule has 1 fully saturated rings. The molecule has 2 aromatic rings. The number of halogens is 2. The summed E-state index contributed by atoms with van der Waals surface area (Å²) in [7, 11) is -3.12. The molecule has 1 N–H and O–H groups in total. The van der Waals surface area contributed by atoms with Gasteiger partial charge in [0.05, 0.1) is 45.6 Å². The van der Waals surface area contributed by atoms with Crippen LogP contribution in [-0.2, 0) is 14.6 Å². The normalized spacial score (nSPS) is 19.1. The number of hydrogen-bond acceptors (Lipinski definition) is 5. The van der Waals surface area contributed by atoms with E-state index in [4.69, 9.17) is 23.2 Å². The number of rotatable bonds is 4. The molecule has 1 aliphatic heterocycles. The van der Waals surface area contributed by atoms with E-state index in [1.165, 1.54) is 10.9 Å². The molecule has 2 heterocycles. The van der Waals surface area contributed by atoms with Gasteiger partial charge >= 0.3 is 0 Å². The molecule has 3 rings (SSSR count). The largest absolute Gasteiger partial charge is 0.273 e. The van der Waals surface area contributed by atoms with E-state index in [0.717, 1.165) is 0 Å². The number of benzene rings is 1. The predicted octanol–water partition coefficient (Wildman–Crippen LogP) is 2.37. The van der Waals surface area contributed by atoms with Crippen LogP contribution in [0.25, 0.3) is 5.69 Å². The summed E-state index contributed by atoms with van der Waals surface area (Å²) in [5.74, 6) is -1.10. The Hall–Kier alpha value is -1.90. The quantitative estimate of drug-likeness (QED) is 0.613. The highest BCUT2D eigenvalue weighted by Gasteiger charge is 2.32. The molecule has 26 heavy (non-hydrogen) atoms.